The average molecular weight is 422 g/mol. The first-order valence-electron chi connectivity index (χ1n) is 8.91. The minimum Gasteiger partial charge on any atom is -0.309 e. The quantitative estimate of drug-likeness (QED) is 0.529. The molecule has 1 aromatic carbocycles. The maximum atomic E-state index is 13.1. The lowest BCUT2D eigenvalue weighted by atomic mass is 10.1. The molecule has 3 rings (SSSR count). The van der Waals surface area contributed by atoms with Crippen LogP contribution in [-0.4, -0.2) is 43.0 Å². The van der Waals surface area contributed by atoms with Crippen LogP contribution in [0, 0.1) is 13.8 Å². The molecule has 0 saturated carbocycles. The zero-order valence-corrected chi connectivity index (χ0v) is 18.5. The molecule has 2 aromatic heterocycles. The van der Waals surface area contributed by atoms with Gasteiger partial charge in [-0.05, 0) is 64.2 Å². The Kier molecular flexibility index (Phi) is 6.52. The van der Waals surface area contributed by atoms with Crippen LogP contribution in [0.25, 0.3) is 10.2 Å². The van der Waals surface area contributed by atoms with Gasteiger partial charge in [0.2, 0.25) is 5.91 Å². The van der Waals surface area contributed by atoms with Crippen LogP contribution in [0.5, 0.6) is 0 Å². The molecular formula is C20H24ClN3OS2. The zero-order chi connectivity index (χ0) is 19.6. The molecule has 0 aliphatic heterocycles. The number of nitrogens with zero attached hydrogens (tertiary/aromatic N) is 3. The Labute approximate surface area is 173 Å². The summed E-state index contributed by atoms with van der Waals surface area (Å²) in [4.78, 5) is 22.9. The Morgan fingerprint density at radius 1 is 1.07 bits per heavy atom. The Bertz CT molecular complexity index is 909. The number of hydrogen-bond donors (Lipinski definition) is 0. The van der Waals surface area contributed by atoms with Crippen molar-refractivity contribution < 1.29 is 4.79 Å². The average Bonchev–Trinajstić information content (AvgIpc) is 3.22. The van der Waals surface area contributed by atoms with Gasteiger partial charge in [-0.15, -0.1) is 11.3 Å². The highest BCUT2D eigenvalue weighted by atomic mass is 35.5. The van der Waals surface area contributed by atoms with E-state index in [1.807, 2.05) is 31.1 Å². The Balaban J connectivity index is 1.90. The topological polar surface area (TPSA) is 36.4 Å². The number of hydrogen-bond acceptors (Lipinski definition) is 5. The summed E-state index contributed by atoms with van der Waals surface area (Å²) in [5, 5.41) is 0.786. The van der Waals surface area contributed by atoms with Crippen molar-refractivity contribution in [2.24, 2.45) is 0 Å². The second-order valence-electron chi connectivity index (χ2n) is 6.96. The van der Waals surface area contributed by atoms with E-state index in [9.17, 15) is 4.79 Å². The SMILES string of the molecule is Cc1ccc(C)c2sc(N(CCCN(C)C)C(=O)Cc3ccc(Cl)s3)nc12. The number of carbonyl (C=O) groups excluding carboxylic acids is 1. The van der Waals surface area contributed by atoms with Gasteiger partial charge in [-0.2, -0.15) is 0 Å². The molecule has 0 fully saturated rings. The van der Waals surface area contributed by atoms with Crippen LogP contribution < -0.4 is 4.90 Å². The van der Waals surface area contributed by atoms with Gasteiger partial charge in [0, 0.05) is 11.4 Å². The van der Waals surface area contributed by atoms with Crippen molar-refractivity contribution >= 4 is 55.5 Å². The lowest BCUT2D eigenvalue weighted by Crippen LogP contribution is -2.34. The summed E-state index contributed by atoms with van der Waals surface area (Å²) in [5.41, 5.74) is 3.34. The predicted molar refractivity (Wildman–Crippen MR) is 118 cm³/mol. The fraction of sp³-hybridized carbons (Fsp3) is 0.400. The van der Waals surface area contributed by atoms with Gasteiger partial charge in [-0.25, -0.2) is 4.98 Å². The van der Waals surface area contributed by atoms with Crippen LogP contribution in [0.15, 0.2) is 24.3 Å². The lowest BCUT2D eigenvalue weighted by Gasteiger charge is -2.20. The molecule has 3 aromatic rings. The van der Waals surface area contributed by atoms with Crippen LogP contribution >= 0.6 is 34.3 Å². The third-order valence-electron chi connectivity index (χ3n) is 4.40. The maximum Gasteiger partial charge on any atom is 0.234 e. The number of anilines is 1. The lowest BCUT2D eigenvalue weighted by molar-refractivity contribution is -0.118. The van der Waals surface area contributed by atoms with Crippen molar-refractivity contribution in [1.29, 1.82) is 0 Å². The Hall–Kier alpha value is -1.47. The number of fused-ring (bicyclic) bond motifs is 1. The van der Waals surface area contributed by atoms with Crippen LogP contribution in [0.4, 0.5) is 5.13 Å². The van der Waals surface area contributed by atoms with Gasteiger partial charge in [0.05, 0.1) is 21.0 Å². The van der Waals surface area contributed by atoms with Crippen molar-refractivity contribution in [3.05, 3.63) is 44.6 Å². The molecule has 0 saturated heterocycles. The van der Waals surface area contributed by atoms with Crippen molar-refractivity contribution in [3.8, 4) is 0 Å². The molecule has 0 N–H and O–H groups in total. The zero-order valence-electron chi connectivity index (χ0n) is 16.1. The molecule has 0 atom stereocenters. The van der Waals surface area contributed by atoms with Crippen molar-refractivity contribution in [2.75, 3.05) is 32.1 Å². The Morgan fingerprint density at radius 3 is 2.44 bits per heavy atom. The van der Waals surface area contributed by atoms with Gasteiger partial charge < -0.3 is 4.90 Å². The van der Waals surface area contributed by atoms with E-state index in [4.69, 9.17) is 16.6 Å². The molecular weight excluding hydrogens is 398 g/mol. The minimum absolute atomic E-state index is 0.0710. The predicted octanol–water partition coefficient (Wildman–Crippen LogP) is 5.16. The monoisotopic (exact) mass is 421 g/mol. The van der Waals surface area contributed by atoms with E-state index in [2.05, 4.69) is 30.9 Å². The first kappa shape index (κ1) is 20.3. The highest BCUT2D eigenvalue weighted by Gasteiger charge is 2.21. The first-order chi connectivity index (χ1) is 12.8. The molecule has 0 radical (unpaired) electrons. The van der Waals surface area contributed by atoms with Crippen LogP contribution in [-0.2, 0) is 11.2 Å². The summed E-state index contributed by atoms with van der Waals surface area (Å²) in [7, 11) is 4.09. The molecule has 0 bridgehead atoms. The highest BCUT2D eigenvalue weighted by molar-refractivity contribution is 7.22. The smallest absolute Gasteiger partial charge is 0.234 e. The molecule has 0 aliphatic carbocycles. The number of rotatable bonds is 7. The molecule has 27 heavy (non-hydrogen) atoms. The number of aryl methyl sites for hydroxylation is 2. The van der Waals surface area contributed by atoms with E-state index in [1.54, 1.807) is 11.3 Å². The number of thiophene rings is 1. The van der Waals surface area contributed by atoms with E-state index in [-0.39, 0.29) is 5.91 Å². The second-order valence-corrected chi connectivity index (χ2v) is 9.74. The normalized spacial score (nSPS) is 11.5. The number of thiazole rings is 1. The van der Waals surface area contributed by atoms with Gasteiger partial charge in [0.1, 0.15) is 0 Å². The molecule has 7 heteroatoms. The summed E-state index contributed by atoms with van der Waals surface area (Å²) in [6, 6.07) is 7.98. The molecule has 4 nitrogen and oxygen atoms in total. The summed E-state index contributed by atoms with van der Waals surface area (Å²) in [6.07, 6.45) is 1.26. The third kappa shape index (κ3) is 4.88. The van der Waals surface area contributed by atoms with E-state index in [0.29, 0.717) is 17.3 Å². The summed E-state index contributed by atoms with van der Waals surface area (Å²) < 4.78 is 1.87. The number of amides is 1. The molecule has 144 valence electrons. The van der Waals surface area contributed by atoms with Gasteiger partial charge in [0.25, 0.3) is 0 Å². The Morgan fingerprint density at radius 2 is 1.81 bits per heavy atom. The molecule has 0 unspecified atom stereocenters. The first-order valence-corrected chi connectivity index (χ1v) is 10.9. The van der Waals surface area contributed by atoms with Crippen molar-refractivity contribution in [1.82, 2.24) is 9.88 Å². The number of halogens is 1. The largest absolute Gasteiger partial charge is 0.309 e. The molecule has 1 amide bonds. The van der Waals surface area contributed by atoms with Gasteiger partial charge >= 0.3 is 0 Å². The minimum atomic E-state index is 0.0710. The maximum absolute atomic E-state index is 13.1. The fourth-order valence-corrected chi connectivity index (χ4v) is 5.16. The number of benzene rings is 1. The fourth-order valence-electron chi connectivity index (χ4n) is 2.93. The van der Waals surface area contributed by atoms with E-state index < -0.39 is 0 Å². The third-order valence-corrected chi connectivity index (χ3v) is 6.85. The number of carbonyl (C=O) groups is 1. The summed E-state index contributed by atoms with van der Waals surface area (Å²) in [6.45, 7) is 5.75. The van der Waals surface area contributed by atoms with Gasteiger partial charge in [-0.1, -0.05) is 35.1 Å². The van der Waals surface area contributed by atoms with Crippen LogP contribution in [0.3, 0.4) is 0 Å². The van der Waals surface area contributed by atoms with E-state index >= 15 is 0 Å². The van der Waals surface area contributed by atoms with Gasteiger partial charge in [0.15, 0.2) is 5.13 Å². The molecule has 2 heterocycles. The highest BCUT2D eigenvalue weighted by Crippen LogP contribution is 2.33. The van der Waals surface area contributed by atoms with Crippen molar-refractivity contribution in [2.45, 2.75) is 26.7 Å². The summed E-state index contributed by atoms with van der Waals surface area (Å²) >= 11 is 9.09. The van der Waals surface area contributed by atoms with E-state index in [1.165, 1.54) is 16.9 Å². The van der Waals surface area contributed by atoms with Crippen LogP contribution in [0.2, 0.25) is 4.34 Å². The van der Waals surface area contributed by atoms with Gasteiger partial charge in [-0.3, -0.25) is 9.69 Å². The van der Waals surface area contributed by atoms with Crippen LogP contribution in [0.1, 0.15) is 22.4 Å². The van der Waals surface area contributed by atoms with E-state index in [0.717, 1.165) is 38.8 Å². The van der Waals surface area contributed by atoms with Crippen molar-refractivity contribution in [3.63, 3.8) is 0 Å². The molecule has 0 spiro atoms. The number of aromatic nitrogens is 1. The standard InChI is InChI=1S/C20H24ClN3OS2/c1-13-6-7-14(2)19-18(13)22-20(27-19)24(11-5-10-23(3)4)17(25)12-15-8-9-16(21)26-15/h6-9H,5,10-12H2,1-4H3. The summed E-state index contributed by atoms with van der Waals surface area (Å²) in [5.74, 6) is 0.0710. The second kappa shape index (κ2) is 8.69. The molecule has 0 aliphatic rings.